The molecule has 0 aromatic heterocycles. The van der Waals surface area contributed by atoms with E-state index >= 15 is 0 Å². The fourth-order valence-corrected chi connectivity index (χ4v) is 3.51. The predicted octanol–water partition coefficient (Wildman–Crippen LogP) is 2.80. The van der Waals surface area contributed by atoms with E-state index < -0.39 is 11.4 Å². The van der Waals surface area contributed by atoms with Gasteiger partial charge in [-0.15, -0.1) is 0 Å². The molecule has 126 valence electrons. The molecule has 0 bridgehead atoms. The summed E-state index contributed by atoms with van der Waals surface area (Å²) >= 11 is 3.54. The van der Waals surface area contributed by atoms with E-state index in [1.165, 1.54) is 0 Å². The van der Waals surface area contributed by atoms with E-state index in [4.69, 9.17) is 9.47 Å². The molecular formula is C17H22BrNO4. The number of ether oxygens (including phenoxy) is 2. The van der Waals surface area contributed by atoms with Gasteiger partial charge in [-0.1, -0.05) is 22.0 Å². The normalized spacial score (nSPS) is 24.0. The van der Waals surface area contributed by atoms with Crippen LogP contribution >= 0.6 is 15.9 Å². The van der Waals surface area contributed by atoms with Crippen LogP contribution in [0.2, 0.25) is 0 Å². The zero-order valence-electron chi connectivity index (χ0n) is 13.9. The van der Waals surface area contributed by atoms with E-state index in [2.05, 4.69) is 15.9 Å². The minimum Gasteiger partial charge on any atom is -0.497 e. The van der Waals surface area contributed by atoms with Crippen molar-refractivity contribution in [3.8, 4) is 5.75 Å². The molecule has 1 saturated heterocycles. The maximum atomic E-state index is 12.5. The lowest BCUT2D eigenvalue weighted by molar-refractivity contribution is -0.159. The van der Waals surface area contributed by atoms with Crippen molar-refractivity contribution < 1.29 is 19.1 Å². The first kappa shape index (κ1) is 17.8. The van der Waals surface area contributed by atoms with Gasteiger partial charge in [-0.05, 0) is 44.4 Å². The van der Waals surface area contributed by atoms with Crippen molar-refractivity contribution in [1.29, 1.82) is 0 Å². The summed E-state index contributed by atoms with van der Waals surface area (Å²) in [5.74, 6) is 0.159. The van der Waals surface area contributed by atoms with Crippen LogP contribution in [0.3, 0.4) is 0 Å². The quantitative estimate of drug-likeness (QED) is 0.579. The highest BCUT2D eigenvalue weighted by molar-refractivity contribution is 9.10. The molecule has 2 rings (SSSR count). The number of likely N-dealkylation sites (tertiary alicyclic amines) is 1. The van der Waals surface area contributed by atoms with Gasteiger partial charge in [0.15, 0.2) is 0 Å². The summed E-state index contributed by atoms with van der Waals surface area (Å²) < 4.78 is 11.2. The van der Waals surface area contributed by atoms with Gasteiger partial charge in [0.25, 0.3) is 0 Å². The van der Waals surface area contributed by atoms with Crippen molar-refractivity contribution >= 4 is 27.8 Å². The van der Waals surface area contributed by atoms with Crippen LogP contribution in [0.5, 0.6) is 5.75 Å². The van der Waals surface area contributed by atoms with Crippen LogP contribution in [-0.4, -0.2) is 43.6 Å². The summed E-state index contributed by atoms with van der Waals surface area (Å²) in [6, 6.07) is 5.72. The van der Waals surface area contributed by atoms with E-state index in [0.717, 1.165) is 15.8 Å². The van der Waals surface area contributed by atoms with Crippen molar-refractivity contribution in [1.82, 2.24) is 4.90 Å². The van der Waals surface area contributed by atoms with Crippen LogP contribution in [0.15, 0.2) is 22.7 Å². The maximum Gasteiger partial charge on any atom is 0.321 e. The molecule has 1 aromatic carbocycles. The van der Waals surface area contributed by atoms with Gasteiger partial charge < -0.3 is 14.4 Å². The number of carbonyl (C=O) groups is 2. The summed E-state index contributed by atoms with van der Waals surface area (Å²) in [5.41, 5.74) is -0.0162. The number of amides is 1. The largest absolute Gasteiger partial charge is 0.497 e. The molecule has 1 amide bonds. The third kappa shape index (κ3) is 3.37. The predicted molar refractivity (Wildman–Crippen MR) is 90.3 cm³/mol. The van der Waals surface area contributed by atoms with Crippen LogP contribution in [-0.2, 0) is 20.7 Å². The summed E-state index contributed by atoms with van der Waals surface area (Å²) in [6.45, 7) is 3.70. The molecule has 1 aliphatic rings. The SMILES string of the molecule is CCOC(=O)C1(C)C[C@@H](Cc2ccc(OC)cc2Br)N(C)C1=O. The van der Waals surface area contributed by atoms with Crippen molar-refractivity contribution in [3.05, 3.63) is 28.2 Å². The topological polar surface area (TPSA) is 55.8 Å². The van der Waals surface area contributed by atoms with Crippen molar-refractivity contribution in [2.45, 2.75) is 32.7 Å². The average molecular weight is 384 g/mol. The fourth-order valence-electron chi connectivity index (χ4n) is 3.00. The van der Waals surface area contributed by atoms with Crippen LogP contribution in [0, 0.1) is 5.41 Å². The second-order valence-electron chi connectivity index (χ2n) is 5.99. The Morgan fingerprint density at radius 3 is 2.74 bits per heavy atom. The van der Waals surface area contributed by atoms with Gasteiger partial charge in [0.05, 0.1) is 13.7 Å². The Balaban J connectivity index is 2.19. The fraction of sp³-hybridized carbons (Fsp3) is 0.529. The second-order valence-corrected chi connectivity index (χ2v) is 6.84. The molecule has 0 radical (unpaired) electrons. The van der Waals surface area contributed by atoms with Crippen LogP contribution < -0.4 is 4.74 Å². The molecule has 23 heavy (non-hydrogen) atoms. The Morgan fingerprint density at radius 2 is 2.17 bits per heavy atom. The molecule has 0 spiro atoms. The van der Waals surface area contributed by atoms with Gasteiger partial charge in [-0.3, -0.25) is 9.59 Å². The molecule has 6 heteroatoms. The average Bonchev–Trinajstić information content (AvgIpc) is 2.75. The first-order valence-electron chi connectivity index (χ1n) is 7.60. The molecule has 0 saturated carbocycles. The molecule has 0 N–H and O–H groups in total. The lowest BCUT2D eigenvalue weighted by Crippen LogP contribution is -2.38. The Labute approximate surface area is 145 Å². The molecule has 0 aliphatic carbocycles. The summed E-state index contributed by atoms with van der Waals surface area (Å²) in [4.78, 5) is 26.4. The standard InChI is InChI=1S/C17H22BrNO4/c1-5-23-16(21)17(2)10-12(19(3)15(17)20)8-11-6-7-13(22-4)9-14(11)18/h6-7,9,12H,5,8,10H2,1-4H3/t12-,17?/m1/s1. The van der Waals surface area contributed by atoms with Gasteiger partial charge >= 0.3 is 5.97 Å². The number of carbonyl (C=O) groups excluding carboxylic acids is 2. The van der Waals surface area contributed by atoms with Gasteiger partial charge in [0, 0.05) is 17.6 Å². The highest BCUT2D eigenvalue weighted by atomic mass is 79.9. The monoisotopic (exact) mass is 383 g/mol. The first-order valence-corrected chi connectivity index (χ1v) is 8.39. The number of halogens is 1. The number of benzene rings is 1. The molecule has 5 nitrogen and oxygen atoms in total. The number of hydrogen-bond donors (Lipinski definition) is 0. The van der Waals surface area contributed by atoms with Gasteiger partial charge in [-0.25, -0.2) is 0 Å². The number of nitrogens with zero attached hydrogens (tertiary/aromatic N) is 1. The zero-order valence-corrected chi connectivity index (χ0v) is 15.5. The number of likely N-dealkylation sites (N-methyl/N-ethyl adjacent to an activating group) is 1. The highest BCUT2D eigenvalue weighted by Gasteiger charge is 2.53. The van der Waals surface area contributed by atoms with E-state index in [1.54, 1.807) is 32.9 Å². The molecule has 1 unspecified atom stereocenters. The van der Waals surface area contributed by atoms with E-state index in [1.807, 2.05) is 18.2 Å². The number of hydrogen-bond acceptors (Lipinski definition) is 4. The Kier molecular flexibility index (Phi) is 5.34. The number of rotatable bonds is 5. The van der Waals surface area contributed by atoms with Crippen LogP contribution in [0.1, 0.15) is 25.8 Å². The summed E-state index contributed by atoms with van der Waals surface area (Å²) in [7, 11) is 3.37. The van der Waals surface area contributed by atoms with Crippen molar-refractivity contribution in [2.24, 2.45) is 5.41 Å². The van der Waals surface area contributed by atoms with E-state index in [0.29, 0.717) is 12.8 Å². The van der Waals surface area contributed by atoms with E-state index in [9.17, 15) is 9.59 Å². The first-order chi connectivity index (χ1) is 10.8. The maximum absolute atomic E-state index is 12.5. The third-order valence-electron chi connectivity index (χ3n) is 4.43. The minimum absolute atomic E-state index is 0.0402. The lowest BCUT2D eigenvalue weighted by Gasteiger charge is -2.20. The summed E-state index contributed by atoms with van der Waals surface area (Å²) in [5, 5.41) is 0. The molecular weight excluding hydrogens is 362 g/mol. The number of methoxy groups -OCH3 is 1. The lowest BCUT2D eigenvalue weighted by atomic mass is 9.86. The minimum atomic E-state index is -1.09. The zero-order chi connectivity index (χ0) is 17.2. The van der Waals surface area contributed by atoms with Gasteiger partial charge in [0.1, 0.15) is 11.2 Å². The Hall–Kier alpha value is -1.56. The Morgan fingerprint density at radius 1 is 1.48 bits per heavy atom. The van der Waals surface area contributed by atoms with Gasteiger partial charge in [-0.2, -0.15) is 0 Å². The smallest absolute Gasteiger partial charge is 0.321 e. The molecule has 1 fully saturated rings. The van der Waals surface area contributed by atoms with Crippen LogP contribution in [0.25, 0.3) is 0 Å². The molecule has 1 aromatic rings. The van der Waals surface area contributed by atoms with Gasteiger partial charge in [0.2, 0.25) is 5.91 Å². The molecule has 1 heterocycles. The van der Waals surface area contributed by atoms with Crippen LogP contribution in [0.4, 0.5) is 0 Å². The summed E-state index contributed by atoms with van der Waals surface area (Å²) in [6.07, 6.45) is 1.13. The van der Waals surface area contributed by atoms with E-state index in [-0.39, 0.29) is 18.6 Å². The van der Waals surface area contributed by atoms with Crippen molar-refractivity contribution in [2.75, 3.05) is 20.8 Å². The third-order valence-corrected chi connectivity index (χ3v) is 5.16. The second kappa shape index (κ2) is 6.91. The van der Waals surface area contributed by atoms with Crippen molar-refractivity contribution in [3.63, 3.8) is 0 Å². The highest BCUT2D eigenvalue weighted by Crippen LogP contribution is 2.38. The molecule has 1 aliphatic heterocycles. The number of esters is 1. The Bertz CT molecular complexity index is 619. The molecule has 2 atom stereocenters.